The molecule has 0 unspecified atom stereocenters. The highest BCUT2D eigenvalue weighted by Crippen LogP contribution is 2.22. The molecular weight excluding hydrogens is 184 g/mol. The molecule has 1 atom stereocenters. The fourth-order valence-corrected chi connectivity index (χ4v) is 1.62. The number of halogens is 1. The molecule has 0 radical (unpaired) electrons. The van der Waals surface area contributed by atoms with Crippen molar-refractivity contribution in [3.63, 3.8) is 0 Å². The van der Waals surface area contributed by atoms with Gasteiger partial charge in [-0.1, -0.05) is 31.0 Å². The van der Waals surface area contributed by atoms with Crippen LogP contribution < -0.4 is 5.73 Å². The van der Waals surface area contributed by atoms with Gasteiger partial charge in [0.1, 0.15) is 5.15 Å². The Morgan fingerprint density at radius 2 is 2.23 bits per heavy atom. The lowest BCUT2D eigenvalue weighted by Gasteiger charge is -2.11. The standard InChI is InChI=1S/C10H15ClN2/c1-3-4-9(12)8-6-5-7(2)13-10(8)11/h5-6,9H,3-4,12H2,1-2H3/t9-/m0/s1. The van der Waals surface area contributed by atoms with E-state index in [1.54, 1.807) is 0 Å². The third-order valence-electron chi connectivity index (χ3n) is 2.02. The number of hydrogen-bond acceptors (Lipinski definition) is 2. The monoisotopic (exact) mass is 198 g/mol. The van der Waals surface area contributed by atoms with Crippen molar-refractivity contribution in [1.29, 1.82) is 0 Å². The first-order valence-corrected chi connectivity index (χ1v) is 4.91. The molecule has 1 aromatic rings. The Kier molecular flexibility index (Phi) is 3.70. The molecule has 2 nitrogen and oxygen atoms in total. The van der Waals surface area contributed by atoms with Crippen molar-refractivity contribution in [2.24, 2.45) is 5.73 Å². The fraction of sp³-hybridized carbons (Fsp3) is 0.500. The van der Waals surface area contributed by atoms with E-state index in [9.17, 15) is 0 Å². The molecule has 1 heterocycles. The molecule has 13 heavy (non-hydrogen) atoms. The van der Waals surface area contributed by atoms with Crippen molar-refractivity contribution in [1.82, 2.24) is 4.98 Å². The minimum Gasteiger partial charge on any atom is -0.324 e. The Morgan fingerprint density at radius 1 is 1.54 bits per heavy atom. The molecule has 2 N–H and O–H groups in total. The van der Waals surface area contributed by atoms with Crippen molar-refractivity contribution >= 4 is 11.6 Å². The first-order chi connectivity index (χ1) is 6.15. The van der Waals surface area contributed by atoms with E-state index in [1.807, 2.05) is 19.1 Å². The second-order valence-corrected chi connectivity index (χ2v) is 3.59. The van der Waals surface area contributed by atoms with Gasteiger partial charge in [0.05, 0.1) is 0 Å². The van der Waals surface area contributed by atoms with Gasteiger partial charge in [-0.15, -0.1) is 0 Å². The molecule has 0 fully saturated rings. The molecule has 3 heteroatoms. The number of aromatic nitrogens is 1. The van der Waals surface area contributed by atoms with E-state index in [4.69, 9.17) is 17.3 Å². The van der Waals surface area contributed by atoms with Crippen molar-refractivity contribution < 1.29 is 0 Å². The average Bonchev–Trinajstić information content (AvgIpc) is 2.04. The smallest absolute Gasteiger partial charge is 0.134 e. The van der Waals surface area contributed by atoms with Crippen LogP contribution in [0.2, 0.25) is 5.15 Å². The summed E-state index contributed by atoms with van der Waals surface area (Å²) in [5.74, 6) is 0. The largest absolute Gasteiger partial charge is 0.324 e. The van der Waals surface area contributed by atoms with Gasteiger partial charge in [0.15, 0.2) is 0 Å². The normalized spacial score (nSPS) is 12.9. The molecule has 0 aliphatic carbocycles. The van der Waals surface area contributed by atoms with Gasteiger partial charge in [-0.25, -0.2) is 4.98 Å². The average molecular weight is 199 g/mol. The van der Waals surface area contributed by atoms with Crippen molar-refractivity contribution in [2.45, 2.75) is 32.7 Å². The van der Waals surface area contributed by atoms with Gasteiger partial charge in [0.25, 0.3) is 0 Å². The van der Waals surface area contributed by atoms with Crippen LogP contribution in [0.15, 0.2) is 12.1 Å². The summed E-state index contributed by atoms with van der Waals surface area (Å²) in [6, 6.07) is 3.92. The van der Waals surface area contributed by atoms with Gasteiger partial charge in [-0.3, -0.25) is 0 Å². The predicted molar refractivity (Wildman–Crippen MR) is 55.8 cm³/mol. The summed E-state index contributed by atoms with van der Waals surface area (Å²) in [5.41, 5.74) is 7.81. The van der Waals surface area contributed by atoms with E-state index in [0.29, 0.717) is 5.15 Å². The van der Waals surface area contributed by atoms with Crippen LogP contribution in [0.3, 0.4) is 0 Å². The summed E-state index contributed by atoms with van der Waals surface area (Å²) in [5, 5.41) is 0.543. The van der Waals surface area contributed by atoms with Gasteiger partial charge < -0.3 is 5.73 Å². The molecule has 0 aliphatic heterocycles. The molecule has 0 aromatic carbocycles. The highest BCUT2D eigenvalue weighted by atomic mass is 35.5. The zero-order valence-corrected chi connectivity index (χ0v) is 8.80. The SMILES string of the molecule is CCC[C@H](N)c1ccc(C)nc1Cl. The summed E-state index contributed by atoms with van der Waals surface area (Å²) in [6.45, 7) is 4.02. The number of nitrogens with two attached hydrogens (primary N) is 1. The molecule has 1 aromatic heterocycles. The third-order valence-corrected chi connectivity index (χ3v) is 2.32. The van der Waals surface area contributed by atoms with Crippen molar-refractivity contribution in [2.75, 3.05) is 0 Å². The highest BCUT2D eigenvalue weighted by molar-refractivity contribution is 6.30. The Labute approximate surface area is 84.1 Å². The molecule has 0 saturated heterocycles. The van der Waals surface area contributed by atoms with E-state index in [0.717, 1.165) is 24.1 Å². The summed E-state index contributed by atoms with van der Waals surface area (Å²) >= 11 is 5.97. The number of hydrogen-bond donors (Lipinski definition) is 1. The number of rotatable bonds is 3. The van der Waals surface area contributed by atoms with Crippen LogP contribution in [0.4, 0.5) is 0 Å². The second-order valence-electron chi connectivity index (χ2n) is 3.23. The van der Waals surface area contributed by atoms with Crippen LogP contribution in [0.1, 0.15) is 37.1 Å². The Morgan fingerprint density at radius 3 is 2.77 bits per heavy atom. The van der Waals surface area contributed by atoms with E-state index < -0.39 is 0 Å². The lowest BCUT2D eigenvalue weighted by Crippen LogP contribution is -2.11. The Bertz CT molecular complexity index is 286. The van der Waals surface area contributed by atoms with E-state index in [1.165, 1.54) is 0 Å². The maximum absolute atomic E-state index is 5.97. The summed E-state index contributed by atoms with van der Waals surface area (Å²) in [6.07, 6.45) is 2.01. The van der Waals surface area contributed by atoms with Gasteiger partial charge >= 0.3 is 0 Å². The topological polar surface area (TPSA) is 38.9 Å². The third kappa shape index (κ3) is 2.68. The molecule has 0 amide bonds. The zero-order chi connectivity index (χ0) is 9.84. The van der Waals surface area contributed by atoms with Crippen LogP contribution in [0, 0.1) is 6.92 Å². The van der Waals surface area contributed by atoms with Gasteiger partial charge in [0, 0.05) is 17.3 Å². The molecular formula is C10H15ClN2. The highest BCUT2D eigenvalue weighted by Gasteiger charge is 2.09. The van der Waals surface area contributed by atoms with Crippen LogP contribution in [-0.2, 0) is 0 Å². The van der Waals surface area contributed by atoms with Crippen LogP contribution in [0.25, 0.3) is 0 Å². The lowest BCUT2D eigenvalue weighted by molar-refractivity contribution is 0.636. The van der Waals surface area contributed by atoms with Crippen molar-refractivity contribution in [3.8, 4) is 0 Å². The molecule has 72 valence electrons. The van der Waals surface area contributed by atoms with Gasteiger partial charge in [-0.2, -0.15) is 0 Å². The second kappa shape index (κ2) is 4.58. The van der Waals surface area contributed by atoms with E-state index >= 15 is 0 Å². The van der Waals surface area contributed by atoms with E-state index in [-0.39, 0.29) is 6.04 Å². The van der Waals surface area contributed by atoms with Crippen LogP contribution in [0.5, 0.6) is 0 Å². The summed E-state index contributed by atoms with van der Waals surface area (Å²) in [4.78, 5) is 4.16. The quantitative estimate of drug-likeness (QED) is 0.759. The molecule has 0 aliphatic rings. The van der Waals surface area contributed by atoms with Crippen LogP contribution >= 0.6 is 11.6 Å². The molecule has 0 bridgehead atoms. The summed E-state index contributed by atoms with van der Waals surface area (Å²) in [7, 11) is 0. The fourth-order valence-electron chi connectivity index (χ4n) is 1.28. The number of pyridine rings is 1. The molecule has 0 spiro atoms. The lowest BCUT2D eigenvalue weighted by atomic mass is 10.1. The summed E-state index contributed by atoms with van der Waals surface area (Å²) < 4.78 is 0. The van der Waals surface area contributed by atoms with Gasteiger partial charge in [-0.05, 0) is 19.4 Å². The Hall–Kier alpha value is -0.600. The van der Waals surface area contributed by atoms with Crippen molar-refractivity contribution in [3.05, 3.63) is 28.5 Å². The van der Waals surface area contributed by atoms with Gasteiger partial charge in [0.2, 0.25) is 0 Å². The maximum Gasteiger partial charge on any atom is 0.134 e. The van der Waals surface area contributed by atoms with Crippen LogP contribution in [-0.4, -0.2) is 4.98 Å². The number of nitrogens with zero attached hydrogens (tertiary/aromatic N) is 1. The predicted octanol–water partition coefficient (Wildman–Crippen LogP) is 2.84. The first-order valence-electron chi connectivity index (χ1n) is 4.53. The number of aryl methyl sites for hydroxylation is 1. The minimum atomic E-state index is 0.0191. The Balaban J connectivity index is 2.88. The first kappa shape index (κ1) is 10.5. The molecule has 1 rings (SSSR count). The molecule has 0 saturated carbocycles. The maximum atomic E-state index is 5.97. The van der Waals surface area contributed by atoms with E-state index in [2.05, 4.69) is 11.9 Å². The minimum absolute atomic E-state index is 0.0191. The zero-order valence-electron chi connectivity index (χ0n) is 8.05.